The lowest BCUT2D eigenvalue weighted by Crippen LogP contribution is -2.50. The van der Waals surface area contributed by atoms with Crippen molar-refractivity contribution in [3.8, 4) is 0 Å². The summed E-state index contributed by atoms with van der Waals surface area (Å²) in [7, 11) is 0. The van der Waals surface area contributed by atoms with Crippen molar-refractivity contribution < 1.29 is 28.3 Å². The van der Waals surface area contributed by atoms with Gasteiger partial charge in [0, 0.05) is 6.07 Å². The van der Waals surface area contributed by atoms with E-state index in [0.29, 0.717) is 6.07 Å². The number of hydrogen-bond donors (Lipinski definition) is 3. The normalized spacial score (nSPS) is 13.2. The number of aliphatic carboxylic acids is 1. The Bertz CT molecular complexity index is 629. The standard InChI is InChI=1S/C17H22F2N2O4/c1-9(2)4-14(17(24)25)21-16(23)10(3)20-15(22)7-11-5-12(18)8-13(19)6-11/h5-6,8-10,14H,4,7H2,1-3H3,(H,20,22)(H,21,23)(H,24,25)/t10-,14-/m0/s1. The van der Waals surface area contributed by atoms with Crippen LogP contribution in [0, 0.1) is 17.6 Å². The molecule has 0 heterocycles. The molecule has 0 aliphatic heterocycles. The molecule has 2 amide bonds. The number of carbonyl (C=O) groups excluding carboxylic acids is 2. The van der Waals surface area contributed by atoms with E-state index >= 15 is 0 Å². The number of rotatable bonds is 8. The molecule has 0 aliphatic carbocycles. The van der Waals surface area contributed by atoms with Crippen molar-refractivity contribution in [2.24, 2.45) is 5.92 Å². The third kappa shape index (κ3) is 7.28. The zero-order valence-electron chi connectivity index (χ0n) is 14.3. The number of amides is 2. The van der Waals surface area contributed by atoms with E-state index in [4.69, 9.17) is 5.11 Å². The van der Waals surface area contributed by atoms with Gasteiger partial charge in [0.1, 0.15) is 23.7 Å². The molecule has 0 unspecified atom stereocenters. The quantitative estimate of drug-likeness (QED) is 0.660. The molecule has 138 valence electrons. The molecule has 25 heavy (non-hydrogen) atoms. The smallest absolute Gasteiger partial charge is 0.326 e. The molecule has 2 atom stereocenters. The summed E-state index contributed by atoms with van der Waals surface area (Å²) in [6.07, 6.45) is -0.0506. The average molecular weight is 356 g/mol. The minimum absolute atomic E-state index is 0.0640. The fraction of sp³-hybridized carbons (Fsp3) is 0.471. The van der Waals surface area contributed by atoms with E-state index in [1.165, 1.54) is 6.92 Å². The molecule has 0 spiro atoms. The fourth-order valence-electron chi connectivity index (χ4n) is 2.25. The number of benzene rings is 1. The molecule has 0 aromatic heterocycles. The maximum atomic E-state index is 13.1. The first-order chi connectivity index (χ1) is 11.6. The second-order valence-corrected chi connectivity index (χ2v) is 6.27. The van der Waals surface area contributed by atoms with Crippen molar-refractivity contribution in [1.29, 1.82) is 0 Å². The van der Waals surface area contributed by atoms with Gasteiger partial charge in [0.2, 0.25) is 11.8 Å². The minimum atomic E-state index is -1.16. The maximum Gasteiger partial charge on any atom is 0.326 e. The van der Waals surface area contributed by atoms with Crippen LogP contribution in [0.4, 0.5) is 8.78 Å². The summed E-state index contributed by atoms with van der Waals surface area (Å²) in [5, 5.41) is 13.8. The highest BCUT2D eigenvalue weighted by Gasteiger charge is 2.24. The lowest BCUT2D eigenvalue weighted by molar-refractivity contribution is -0.142. The lowest BCUT2D eigenvalue weighted by atomic mass is 10.0. The number of carboxylic acids is 1. The summed E-state index contributed by atoms with van der Waals surface area (Å²) in [6.45, 7) is 5.05. The molecular weight excluding hydrogens is 334 g/mol. The van der Waals surface area contributed by atoms with Crippen LogP contribution in [0.25, 0.3) is 0 Å². The molecule has 0 radical (unpaired) electrons. The molecule has 0 bridgehead atoms. The van der Waals surface area contributed by atoms with Gasteiger partial charge in [-0.15, -0.1) is 0 Å². The van der Waals surface area contributed by atoms with Crippen LogP contribution in [0.15, 0.2) is 18.2 Å². The first kappa shape index (κ1) is 20.5. The molecule has 0 saturated heterocycles. The Morgan fingerprint density at radius 2 is 1.60 bits per heavy atom. The zero-order valence-corrected chi connectivity index (χ0v) is 14.3. The van der Waals surface area contributed by atoms with E-state index in [1.54, 1.807) is 0 Å². The molecule has 1 aromatic rings. The van der Waals surface area contributed by atoms with Crippen molar-refractivity contribution in [2.45, 2.75) is 45.7 Å². The molecule has 1 rings (SSSR count). The predicted octanol–water partition coefficient (Wildman–Crippen LogP) is 1.63. The van der Waals surface area contributed by atoms with E-state index in [2.05, 4.69) is 10.6 Å². The Morgan fingerprint density at radius 3 is 2.08 bits per heavy atom. The monoisotopic (exact) mass is 356 g/mol. The third-order valence-electron chi connectivity index (χ3n) is 3.38. The Labute approximate surface area is 144 Å². The number of nitrogens with one attached hydrogen (secondary N) is 2. The molecule has 0 saturated carbocycles. The van der Waals surface area contributed by atoms with Gasteiger partial charge in [-0.2, -0.15) is 0 Å². The molecule has 0 fully saturated rings. The molecular formula is C17H22F2N2O4. The summed E-state index contributed by atoms with van der Waals surface area (Å²) in [4.78, 5) is 35.1. The highest BCUT2D eigenvalue weighted by Crippen LogP contribution is 2.09. The van der Waals surface area contributed by atoms with Gasteiger partial charge in [-0.05, 0) is 37.0 Å². The third-order valence-corrected chi connectivity index (χ3v) is 3.38. The van der Waals surface area contributed by atoms with Gasteiger partial charge in [-0.3, -0.25) is 9.59 Å². The van der Waals surface area contributed by atoms with Crippen LogP contribution in [0.3, 0.4) is 0 Å². The van der Waals surface area contributed by atoms with Gasteiger partial charge < -0.3 is 15.7 Å². The highest BCUT2D eigenvalue weighted by atomic mass is 19.1. The molecule has 3 N–H and O–H groups in total. The van der Waals surface area contributed by atoms with Crippen LogP contribution in [0.1, 0.15) is 32.8 Å². The molecule has 6 nitrogen and oxygen atoms in total. The second-order valence-electron chi connectivity index (χ2n) is 6.27. The lowest BCUT2D eigenvalue weighted by Gasteiger charge is -2.20. The van der Waals surface area contributed by atoms with Crippen LogP contribution in [0.2, 0.25) is 0 Å². The van der Waals surface area contributed by atoms with E-state index in [0.717, 1.165) is 12.1 Å². The summed E-state index contributed by atoms with van der Waals surface area (Å²) < 4.78 is 26.2. The van der Waals surface area contributed by atoms with E-state index < -0.39 is 41.5 Å². The van der Waals surface area contributed by atoms with Crippen LogP contribution in [0.5, 0.6) is 0 Å². The van der Waals surface area contributed by atoms with Gasteiger partial charge in [-0.25, -0.2) is 13.6 Å². The largest absolute Gasteiger partial charge is 0.480 e. The van der Waals surface area contributed by atoms with E-state index in [-0.39, 0.29) is 24.3 Å². The van der Waals surface area contributed by atoms with Gasteiger partial charge >= 0.3 is 5.97 Å². The second kappa shape index (κ2) is 9.10. The first-order valence-electron chi connectivity index (χ1n) is 7.86. The maximum absolute atomic E-state index is 13.1. The Kier molecular flexibility index (Phi) is 7.47. The van der Waals surface area contributed by atoms with Gasteiger partial charge in [-0.1, -0.05) is 13.8 Å². The van der Waals surface area contributed by atoms with Crippen LogP contribution in [-0.2, 0) is 20.8 Å². The Hall–Kier alpha value is -2.51. The van der Waals surface area contributed by atoms with Crippen molar-refractivity contribution >= 4 is 17.8 Å². The summed E-state index contributed by atoms with van der Waals surface area (Å²) in [5.74, 6) is -3.95. The van der Waals surface area contributed by atoms with Gasteiger partial charge in [0.25, 0.3) is 0 Å². The first-order valence-corrected chi connectivity index (χ1v) is 7.86. The summed E-state index contributed by atoms with van der Waals surface area (Å²) in [6, 6.07) is 0.703. The average Bonchev–Trinajstić information content (AvgIpc) is 2.44. The van der Waals surface area contributed by atoms with Crippen molar-refractivity contribution in [3.63, 3.8) is 0 Å². The van der Waals surface area contributed by atoms with Gasteiger partial charge in [0.05, 0.1) is 6.42 Å². The summed E-state index contributed by atoms with van der Waals surface area (Å²) in [5.41, 5.74) is 0.130. The zero-order chi connectivity index (χ0) is 19.1. The highest BCUT2D eigenvalue weighted by molar-refractivity contribution is 5.90. The predicted molar refractivity (Wildman–Crippen MR) is 86.7 cm³/mol. The van der Waals surface area contributed by atoms with E-state index in [1.807, 2.05) is 13.8 Å². The van der Waals surface area contributed by atoms with Gasteiger partial charge in [0.15, 0.2) is 0 Å². The minimum Gasteiger partial charge on any atom is -0.480 e. The summed E-state index contributed by atoms with van der Waals surface area (Å²) >= 11 is 0. The fourth-order valence-corrected chi connectivity index (χ4v) is 2.25. The van der Waals surface area contributed by atoms with Crippen molar-refractivity contribution in [1.82, 2.24) is 10.6 Å². The SMILES string of the molecule is CC(C)C[C@H](NC(=O)[C@H](C)NC(=O)Cc1cc(F)cc(F)c1)C(=O)O. The van der Waals surface area contributed by atoms with Crippen molar-refractivity contribution in [3.05, 3.63) is 35.4 Å². The topological polar surface area (TPSA) is 95.5 Å². The molecule has 8 heteroatoms. The number of hydrogen-bond acceptors (Lipinski definition) is 3. The molecule has 0 aliphatic rings. The van der Waals surface area contributed by atoms with Crippen LogP contribution >= 0.6 is 0 Å². The van der Waals surface area contributed by atoms with Crippen molar-refractivity contribution in [2.75, 3.05) is 0 Å². The van der Waals surface area contributed by atoms with Crippen LogP contribution in [-0.4, -0.2) is 35.0 Å². The molecule has 1 aromatic carbocycles. The van der Waals surface area contributed by atoms with E-state index in [9.17, 15) is 23.2 Å². The van der Waals surface area contributed by atoms with Crippen LogP contribution < -0.4 is 10.6 Å². The number of carboxylic acid groups (broad SMARTS) is 1. The number of carbonyl (C=O) groups is 3. The Morgan fingerprint density at radius 1 is 1.04 bits per heavy atom. The number of halogens is 2. The Balaban J connectivity index is 2.61.